The Hall–Kier alpha value is -1.86. The molecule has 0 radical (unpaired) electrons. The molecule has 1 fully saturated rings. The molecular formula is C14H17N3O. The van der Waals surface area contributed by atoms with E-state index in [9.17, 15) is 4.79 Å². The Labute approximate surface area is 107 Å². The molecule has 18 heavy (non-hydrogen) atoms. The van der Waals surface area contributed by atoms with Gasteiger partial charge in [0.25, 0.3) is 0 Å². The fourth-order valence-electron chi connectivity index (χ4n) is 2.23. The van der Waals surface area contributed by atoms with Gasteiger partial charge in [0.05, 0.1) is 17.6 Å². The molecule has 1 heterocycles. The van der Waals surface area contributed by atoms with E-state index in [1.807, 2.05) is 19.1 Å². The van der Waals surface area contributed by atoms with Crippen LogP contribution in [0.3, 0.4) is 0 Å². The molecule has 0 bridgehead atoms. The van der Waals surface area contributed by atoms with E-state index in [4.69, 9.17) is 5.26 Å². The van der Waals surface area contributed by atoms with Crippen LogP contribution in [0.15, 0.2) is 24.3 Å². The van der Waals surface area contributed by atoms with Gasteiger partial charge in [0.2, 0.25) is 5.91 Å². The van der Waals surface area contributed by atoms with E-state index in [0.29, 0.717) is 12.1 Å². The Bertz CT molecular complexity index is 461. The molecule has 0 saturated carbocycles. The van der Waals surface area contributed by atoms with E-state index in [-0.39, 0.29) is 17.9 Å². The average Bonchev–Trinajstić information content (AvgIpc) is 2.83. The maximum atomic E-state index is 11.9. The number of carbonyl (C=O) groups is 1. The Balaban J connectivity index is 1.87. The summed E-state index contributed by atoms with van der Waals surface area (Å²) in [7, 11) is 0. The van der Waals surface area contributed by atoms with Crippen LogP contribution in [-0.2, 0) is 11.3 Å². The minimum absolute atomic E-state index is 0.0726. The highest BCUT2D eigenvalue weighted by atomic mass is 16.1. The Morgan fingerprint density at radius 1 is 1.50 bits per heavy atom. The molecule has 94 valence electrons. The molecule has 1 saturated heterocycles. The Morgan fingerprint density at radius 3 is 2.78 bits per heavy atom. The molecule has 0 aromatic heterocycles. The maximum absolute atomic E-state index is 11.9. The van der Waals surface area contributed by atoms with Crippen molar-refractivity contribution in [2.75, 3.05) is 6.54 Å². The van der Waals surface area contributed by atoms with Crippen LogP contribution >= 0.6 is 0 Å². The van der Waals surface area contributed by atoms with E-state index >= 15 is 0 Å². The lowest BCUT2D eigenvalue weighted by Gasteiger charge is -2.14. The second-order valence-corrected chi connectivity index (χ2v) is 4.66. The first-order chi connectivity index (χ1) is 8.70. The van der Waals surface area contributed by atoms with Gasteiger partial charge in [0, 0.05) is 12.6 Å². The molecule has 1 aromatic rings. The first-order valence-electron chi connectivity index (χ1n) is 6.21. The number of rotatable bonds is 3. The number of amides is 1. The van der Waals surface area contributed by atoms with Crippen molar-refractivity contribution in [1.82, 2.24) is 10.6 Å². The maximum Gasteiger partial charge on any atom is 0.224 e. The molecule has 4 heteroatoms. The lowest BCUT2D eigenvalue weighted by Crippen LogP contribution is -2.36. The van der Waals surface area contributed by atoms with Crippen molar-refractivity contribution in [3.05, 3.63) is 35.4 Å². The fraction of sp³-hybridized carbons (Fsp3) is 0.429. The first kappa shape index (κ1) is 12.6. The summed E-state index contributed by atoms with van der Waals surface area (Å²) in [5.41, 5.74) is 1.65. The van der Waals surface area contributed by atoms with Gasteiger partial charge in [0.1, 0.15) is 0 Å². The zero-order valence-corrected chi connectivity index (χ0v) is 10.4. The molecule has 0 spiro atoms. The van der Waals surface area contributed by atoms with Crippen LogP contribution in [0.1, 0.15) is 24.5 Å². The highest BCUT2D eigenvalue weighted by molar-refractivity contribution is 5.79. The average molecular weight is 243 g/mol. The molecule has 4 nitrogen and oxygen atoms in total. The van der Waals surface area contributed by atoms with Gasteiger partial charge in [-0.05, 0) is 37.6 Å². The number of nitriles is 1. The zero-order chi connectivity index (χ0) is 13.0. The van der Waals surface area contributed by atoms with Crippen LogP contribution < -0.4 is 10.6 Å². The van der Waals surface area contributed by atoms with E-state index in [1.54, 1.807) is 12.1 Å². The second-order valence-electron chi connectivity index (χ2n) is 4.66. The number of nitrogens with one attached hydrogen (secondary N) is 2. The number of nitrogens with zero attached hydrogens (tertiary/aromatic N) is 1. The van der Waals surface area contributed by atoms with Gasteiger partial charge in [-0.25, -0.2) is 0 Å². The summed E-state index contributed by atoms with van der Waals surface area (Å²) in [6.45, 7) is 3.48. The number of hydrogen-bond donors (Lipinski definition) is 2. The van der Waals surface area contributed by atoms with Gasteiger partial charge < -0.3 is 10.6 Å². The molecule has 2 N–H and O–H groups in total. The summed E-state index contributed by atoms with van der Waals surface area (Å²) in [6, 6.07) is 9.60. The predicted octanol–water partition coefficient (Wildman–Crippen LogP) is 1.17. The van der Waals surface area contributed by atoms with Gasteiger partial charge in [-0.2, -0.15) is 5.26 Å². The number of carbonyl (C=O) groups excluding carboxylic acids is 1. The van der Waals surface area contributed by atoms with Crippen LogP contribution in [0.5, 0.6) is 0 Å². The normalized spacial score (nSPS) is 22.4. The highest BCUT2D eigenvalue weighted by Gasteiger charge is 2.28. The summed E-state index contributed by atoms with van der Waals surface area (Å²) in [6.07, 6.45) is 0.903. The third-order valence-corrected chi connectivity index (χ3v) is 3.41. The van der Waals surface area contributed by atoms with E-state index < -0.39 is 0 Å². The number of hydrogen-bond acceptors (Lipinski definition) is 3. The van der Waals surface area contributed by atoms with Crippen molar-refractivity contribution < 1.29 is 4.79 Å². The summed E-state index contributed by atoms with van der Waals surface area (Å²) >= 11 is 0. The molecule has 1 amide bonds. The van der Waals surface area contributed by atoms with Gasteiger partial charge >= 0.3 is 0 Å². The topological polar surface area (TPSA) is 64.9 Å². The van der Waals surface area contributed by atoms with Crippen molar-refractivity contribution in [3.8, 4) is 6.07 Å². The molecule has 2 unspecified atom stereocenters. The molecule has 2 atom stereocenters. The third-order valence-electron chi connectivity index (χ3n) is 3.41. The minimum atomic E-state index is 0.0726. The van der Waals surface area contributed by atoms with Crippen molar-refractivity contribution in [1.29, 1.82) is 5.26 Å². The quantitative estimate of drug-likeness (QED) is 0.837. The van der Waals surface area contributed by atoms with Gasteiger partial charge in [-0.1, -0.05) is 12.1 Å². The van der Waals surface area contributed by atoms with Gasteiger partial charge in [-0.15, -0.1) is 0 Å². The summed E-state index contributed by atoms with van der Waals surface area (Å²) in [5.74, 6) is 0.181. The van der Waals surface area contributed by atoms with Crippen LogP contribution in [0.2, 0.25) is 0 Å². The molecule has 2 rings (SSSR count). The number of benzene rings is 1. The largest absolute Gasteiger partial charge is 0.352 e. The third kappa shape index (κ3) is 2.88. The van der Waals surface area contributed by atoms with Crippen LogP contribution in [-0.4, -0.2) is 18.5 Å². The van der Waals surface area contributed by atoms with Crippen molar-refractivity contribution in [3.63, 3.8) is 0 Å². The molecule has 0 aliphatic carbocycles. The monoisotopic (exact) mass is 243 g/mol. The molecule has 1 aliphatic rings. The summed E-state index contributed by atoms with van der Waals surface area (Å²) < 4.78 is 0. The standard InChI is InChI=1S/C14H17N3O/c1-10-13(6-7-16-10)14(18)17-9-12-4-2-11(8-15)3-5-12/h2-5,10,13,16H,6-7,9H2,1H3,(H,17,18). The van der Waals surface area contributed by atoms with Gasteiger partial charge in [-0.3, -0.25) is 4.79 Å². The highest BCUT2D eigenvalue weighted by Crippen LogP contribution is 2.15. The van der Waals surface area contributed by atoms with Gasteiger partial charge in [0.15, 0.2) is 0 Å². The van der Waals surface area contributed by atoms with E-state index in [2.05, 4.69) is 16.7 Å². The van der Waals surface area contributed by atoms with Crippen LogP contribution in [0.25, 0.3) is 0 Å². The zero-order valence-electron chi connectivity index (χ0n) is 10.4. The molecule has 1 aliphatic heterocycles. The van der Waals surface area contributed by atoms with E-state index in [0.717, 1.165) is 18.5 Å². The Kier molecular flexibility index (Phi) is 3.96. The minimum Gasteiger partial charge on any atom is -0.352 e. The van der Waals surface area contributed by atoms with Crippen LogP contribution in [0, 0.1) is 17.2 Å². The first-order valence-corrected chi connectivity index (χ1v) is 6.21. The predicted molar refractivity (Wildman–Crippen MR) is 68.6 cm³/mol. The second kappa shape index (κ2) is 5.65. The lowest BCUT2D eigenvalue weighted by molar-refractivity contribution is -0.125. The lowest BCUT2D eigenvalue weighted by atomic mass is 10.0. The van der Waals surface area contributed by atoms with Crippen molar-refractivity contribution in [2.24, 2.45) is 5.92 Å². The SMILES string of the molecule is CC1NCCC1C(=O)NCc1ccc(C#N)cc1. The van der Waals surface area contributed by atoms with E-state index in [1.165, 1.54) is 0 Å². The van der Waals surface area contributed by atoms with Crippen LogP contribution in [0.4, 0.5) is 0 Å². The molecular weight excluding hydrogens is 226 g/mol. The molecule has 1 aromatic carbocycles. The van der Waals surface area contributed by atoms with Crippen molar-refractivity contribution >= 4 is 5.91 Å². The summed E-state index contributed by atoms with van der Waals surface area (Å²) in [5, 5.41) is 14.9. The smallest absolute Gasteiger partial charge is 0.224 e. The summed E-state index contributed by atoms with van der Waals surface area (Å²) in [4.78, 5) is 11.9. The van der Waals surface area contributed by atoms with Crippen molar-refractivity contribution in [2.45, 2.75) is 25.9 Å². The fourth-order valence-corrected chi connectivity index (χ4v) is 2.23. The Morgan fingerprint density at radius 2 is 2.22 bits per heavy atom.